The van der Waals surface area contributed by atoms with Gasteiger partial charge in [-0.1, -0.05) is 13.8 Å². The number of rotatable bonds is 5. The van der Waals surface area contributed by atoms with Gasteiger partial charge in [0.1, 0.15) is 11.9 Å². The Bertz CT molecular complexity index is 434. The summed E-state index contributed by atoms with van der Waals surface area (Å²) in [5.74, 6) is 1.22. The fraction of sp³-hybridized carbons (Fsp3) is 0.571. The van der Waals surface area contributed by atoms with E-state index >= 15 is 0 Å². The van der Waals surface area contributed by atoms with E-state index in [4.69, 9.17) is 5.73 Å². The Kier molecular flexibility index (Phi) is 5.11. The first kappa shape index (κ1) is 14.5. The van der Waals surface area contributed by atoms with Crippen LogP contribution in [-0.2, 0) is 0 Å². The van der Waals surface area contributed by atoms with Crippen molar-refractivity contribution in [2.45, 2.75) is 33.2 Å². The van der Waals surface area contributed by atoms with Crippen LogP contribution in [0, 0.1) is 24.2 Å². The van der Waals surface area contributed by atoms with Crippen LogP contribution in [-0.4, -0.2) is 24.6 Å². The molecule has 0 bridgehead atoms. The first-order chi connectivity index (χ1) is 8.47. The SMILES string of the molecule is Cc1ccnc(N(C)CCC(N)C(C)C)c1C#N. The molecule has 18 heavy (non-hydrogen) atoms. The van der Waals surface area contributed by atoms with Gasteiger partial charge in [0, 0.05) is 25.8 Å². The predicted molar refractivity (Wildman–Crippen MR) is 74.4 cm³/mol. The van der Waals surface area contributed by atoms with Gasteiger partial charge in [0.05, 0.1) is 5.56 Å². The molecule has 4 heteroatoms. The molecule has 0 spiro atoms. The number of pyridine rings is 1. The standard InChI is InChI=1S/C14H22N4/c1-10(2)13(16)6-8-18(4)14-12(9-15)11(3)5-7-17-14/h5,7,10,13H,6,8,16H2,1-4H3. The van der Waals surface area contributed by atoms with Crippen LogP contribution in [0.1, 0.15) is 31.4 Å². The van der Waals surface area contributed by atoms with Crippen molar-refractivity contribution in [3.8, 4) is 6.07 Å². The first-order valence-corrected chi connectivity index (χ1v) is 6.29. The number of nitrogens with zero attached hydrogens (tertiary/aromatic N) is 3. The number of anilines is 1. The lowest BCUT2D eigenvalue weighted by molar-refractivity contribution is 0.465. The lowest BCUT2D eigenvalue weighted by Crippen LogP contribution is -2.32. The first-order valence-electron chi connectivity index (χ1n) is 6.29. The number of aromatic nitrogens is 1. The summed E-state index contributed by atoms with van der Waals surface area (Å²) in [5.41, 5.74) is 7.64. The summed E-state index contributed by atoms with van der Waals surface area (Å²) in [7, 11) is 1.95. The van der Waals surface area contributed by atoms with E-state index in [0.29, 0.717) is 11.5 Å². The second-order valence-electron chi connectivity index (χ2n) is 5.06. The van der Waals surface area contributed by atoms with Gasteiger partial charge in [0.15, 0.2) is 0 Å². The zero-order valence-electron chi connectivity index (χ0n) is 11.6. The molecule has 0 amide bonds. The molecule has 4 nitrogen and oxygen atoms in total. The zero-order chi connectivity index (χ0) is 13.7. The minimum Gasteiger partial charge on any atom is -0.359 e. The molecule has 2 N–H and O–H groups in total. The van der Waals surface area contributed by atoms with Crippen molar-refractivity contribution < 1.29 is 0 Å². The van der Waals surface area contributed by atoms with Crippen molar-refractivity contribution in [1.29, 1.82) is 5.26 Å². The number of nitriles is 1. The second kappa shape index (κ2) is 6.36. The van der Waals surface area contributed by atoms with Gasteiger partial charge in [0.2, 0.25) is 0 Å². The van der Waals surface area contributed by atoms with Crippen molar-refractivity contribution in [2.24, 2.45) is 11.7 Å². The van der Waals surface area contributed by atoms with E-state index in [2.05, 4.69) is 24.9 Å². The second-order valence-corrected chi connectivity index (χ2v) is 5.06. The Morgan fingerprint density at radius 1 is 1.50 bits per heavy atom. The topological polar surface area (TPSA) is 65.9 Å². The van der Waals surface area contributed by atoms with Crippen LogP contribution in [0.15, 0.2) is 12.3 Å². The summed E-state index contributed by atoms with van der Waals surface area (Å²) in [6.45, 7) is 6.98. The number of hydrogen-bond donors (Lipinski definition) is 1. The quantitative estimate of drug-likeness (QED) is 0.863. The van der Waals surface area contributed by atoms with E-state index in [0.717, 1.165) is 24.3 Å². The molecule has 1 aromatic rings. The van der Waals surface area contributed by atoms with Gasteiger partial charge in [-0.05, 0) is 30.9 Å². The Morgan fingerprint density at radius 3 is 2.72 bits per heavy atom. The van der Waals surface area contributed by atoms with Gasteiger partial charge >= 0.3 is 0 Å². The summed E-state index contributed by atoms with van der Waals surface area (Å²) in [6.07, 6.45) is 2.64. The van der Waals surface area contributed by atoms with Crippen molar-refractivity contribution in [1.82, 2.24) is 4.98 Å². The Morgan fingerprint density at radius 2 is 2.17 bits per heavy atom. The molecule has 0 aromatic carbocycles. The summed E-state index contributed by atoms with van der Waals surface area (Å²) in [4.78, 5) is 6.30. The molecule has 1 unspecified atom stereocenters. The summed E-state index contributed by atoms with van der Waals surface area (Å²) < 4.78 is 0. The molecule has 0 aliphatic heterocycles. The van der Waals surface area contributed by atoms with Gasteiger partial charge < -0.3 is 10.6 Å². The summed E-state index contributed by atoms with van der Waals surface area (Å²) in [5, 5.41) is 9.17. The largest absolute Gasteiger partial charge is 0.359 e. The smallest absolute Gasteiger partial charge is 0.146 e. The maximum Gasteiger partial charge on any atom is 0.146 e. The van der Waals surface area contributed by atoms with Crippen molar-refractivity contribution in [2.75, 3.05) is 18.5 Å². The van der Waals surface area contributed by atoms with Crippen LogP contribution >= 0.6 is 0 Å². The van der Waals surface area contributed by atoms with E-state index in [9.17, 15) is 5.26 Å². The molecule has 1 aromatic heterocycles. The minimum absolute atomic E-state index is 0.183. The van der Waals surface area contributed by atoms with E-state index in [1.165, 1.54) is 0 Å². The molecule has 0 saturated heterocycles. The third kappa shape index (κ3) is 3.44. The van der Waals surface area contributed by atoms with Crippen LogP contribution in [0.25, 0.3) is 0 Å². The highest BCUT2D eigenvalue weighted by Crippen LogP contribution is 2.19. The third-order valence-electron chi connectivity index (χ3n) is 3.27. The molecular formula is C14H22N4. The fourth-order valence-corrected chi connectivity index (χ4v) is 1.75. The molecule has 1 atom stereocenters. The molecule has 0 saturated carbocycles. The monoisotopic (exact) mass is 246 g/mol. The Balaban J connectivity index is 2.76. The molecule has 0 fully saturated rings. The van der Waals surface area contributed by atoms with Crippen LogP contribution in [0.2, 0.25) is 0 Å². The van der Waals surface area contributed by atoms with Crippen LogP contribution < -0.4 is 10.6 Å². The predicted octanol–water partition coefficient (Wildman–Crippen LogP) is 2.07. The zero-order valence-corrected chi connectivity index (χ0v) is 11.6. The van der Waals surface area contributed by atoms with Crippen LogP contribution in [0.4, 0.5) is 5.82 Å². The summed E-state index contributed by atoms with van der Waals surface area (Å²) >= 11 is 0. The van der Waals surface area contributed by atoms with Crippen molar-refractivity contribution in [3.05, 3.63) is 23.4 Å². The highest BCUT2D eigenvalue weighted by molar-refractivity contribution is 5.56. The molecular weight excluding hydrogens is 224 g/mol. The average Bonchev–Trinajstić information content (AvgIpc) is 2.34. The summed E-state index contributed by atoms with van der Waals surface area (Å²) in [6, 6.07) is 4.26. The normalized spacial score (nSPS) is 12.3. The molecule has 1 heterocycles. The van der Waals surface area contributed by atoms with E-state index in [1.54, 1.807) is 6.20 Å². The third-order valence-corrected chi connectivity index (χ3v) is 3.27. The minimum atomic E-state index is 0.183. The van der Waals surface area contributed by atoms with E-state index in [1.807, 2.05) is 24.9 Å². The van der Waals surface area contributed by atoms with Crippen LogP contribution in [0.5, 0.6) is 0 Å². The van der Waals surface area contributed by atoms with Crippen molar-refractivity contribution >= 4 is 5.82 Å². The molecule has 1 rings (SSSR count). The van der Waals surface area contributed by atoms with Gasteiger partial charge in [-0.3, -0.25) is 0 Å². The maximum atomic E-state index is 9.17. The molecule has 98 valence electrons. The molecule has 0 aliphatic carbocycles. The van der Waals surface area contributed by atoms with Crippen molar-refractivity contribution in [3.63, 3.8) is 0 Å². The Labute approximate surface area is 109 Å². The lowest BCUT2D eigenvalue weighted by atomic mass is 10.0. The molecule has 0 radical (unpaired) electrons. The number of aryl methyl sites for hydroxylation is 1. The van der Waals surface area contributed by atoms with Gasteiger partial charge in [-0.2, -0.15) is 5.26 Å². The van der Waals surface area contributed by atoms with Gasteiger partial charge in [0.25, 0.3) is 0 Å². The fourth-order valence-electron chi connectivity index (χ4n) is 1.75. The van der Waals surface area contributed by atoms with Gasteiger partial charge in [-0.25, -0.2) is 4.98 Å². The van der Waals surface area contributed by atoms with Crippen LogP contribution in [0.3, 0.4) is 0 Å². The Hall–Kier alpha value is -1.60. The maximum absolute atomic E-state index is 9.17. The lowest BCUT2D eigenvalue weighted by Gasteiger charge is -2.23. The number of hydrogen-bond acceptors (Lipinski definition) is 4. The molecule has 0 aliphatic rings. The van der Waals surface area contributed by atoms with E-state index < -0.39 is 0 Å². The number of nitrogens with two attached hydrogens (primary N) is 1. The van der Waals surface area contributed by atoms with Gasteiger partial charge in [-0.15, -0.1) is 0 Å². The highest BCUT2D eigenvalue weighted by Gasteiger charge is 2.13. The average molecular weight is 246 g/mol. The highest BCUT2D eigenvalue weighted by atomic mass is 15.2. The van der Waals surface area contributed by atoms with E-state index in [-0.39, 0.29) is 6.04 Å².